The Balaban J connectivity index is 1.89. The molecule has 0 aromatic heterocycles. The highest BCUT2D eigenvalue weighted by atomic mass is 79.9. The van der Waals surface area contributed by atoms with Crippen LogP contribution in [0.3, 0.4) is 0 Å². The van der Waals surface area contributed by atoms with E-state index in [1.165, 1.54) is 10.6 Å². The molecule has 5 nitrogen and oxygen atoms in total. The van der Waals surface area contributed by atoms with Crippen molar-refractivity contribution in [2.24, 2.45) is 0 Å². The van der Waals surface area contributed by atoms with E-state index in [0.717, 1.165) is 29.7 Å². The molecule has 1 unspecified atom stereocenters. The molecule has 2 aliphatic heterocycles. The first-order chi connectivity index (χ1) is 9.15. The number of rotatable bonds is 0. The SMILES string of the molecule is O=C(O)N1CCN2c3ccc(Br)cc3NCCC2C1. The van der Waals surface area contributed by atoms with Gasteiger partial charge in [-0.3, -0.25) is 0 Å². The molecule has 1 amide bonds. The maximum Gasteiger partial charge on any atom is 0.407 e. The first kappa shape index (κ1) is 12.6. The fourth-order valence-corrected chi connectivity index (χ4v) is 3.23. The Hall–Kier alpha value is -1.43. The minimum atomic E-state index is -0.812. The van der Waals surface area contributed by atoms with Crippen LogP contribution in [0.15, 0.2) is 22.7 Å². The van der Waals surface area contributed by atoms with Crippen LogP contribution in [0.4, 0.5) is 16.2 Å². The summed E-state index contributed by atoms with van der Waals surface area (Å²) in [5.74, 6) is 0. The lowest BCUT2D eigenvalue weighted by Gasteiger charge is -2.41. The molecular formula is C13H16BrN3O2. The monoisotopic (exact) mass is 325 g/mol. The van der Waals surface area contributed by atoms with E-state index < -0.39 is 6.09 Å². The molecule has 19 heavy (non-hydrogen) atoms. The van der Waals surface area contributed by atoms with Crippen molar-refractivity contribution in [2.75, 3.05) is 36.4 Å². The van der Waals surface area contributed by atoms with Gasteiger partial charge in [0.15, 0.2) is 0 Å². The Bertz CT molecular complexity index is 509. The number of halogens is 1. The second kappa shape index (κ2) is 4.92. The van der Waals surface area contributed by atoms with Gasteiger partial charge >= 0.3 is 6.09 Å². The molecular weight excluding hydrogens is 310 g/mol. The lowest BCUT2D eigenvalue weighted by Crippen LogP contribution is -2.54. The van der Waals surface area contributed by atoms with Gasteiger partial charge in [-0.05, 0) is 24.6 Å². The zero-order valence-electron chi connectivity index (χ0n) is 10.5. The second-order valence-corrected chi connectivity index (χ2v) is 5.87. The molecule has 0 radical (unpaired) electrons. The lowest BCUT2D eigenvalue weighted by molar-refractivity contribution is 0.134. The zero-order valence-corrected chi connectivity index (χ0v) is 12.1. The fourth-order valence-electron chi connectivity index (χ4n) is 2.87. The van der Waals surface area contributed by atoms with Gasteiger partial charge in [-0.25, -0.2) is 4.79 Å². The molecule has 0 spiro atoms. The van der Waals surface area contributed by atoms with Gasteiger partial charge < -0.3 is 20.2 Å². The van der Waals surface area contributed by atoms with Crippen LogP contribution in [-0.2, 0) is 0 Å². The number of hydrogen-bond acceptors (Lipinski definition) is 3. The molecule has 1 fully saturated rings. The normalized spacial score (nSPS) is 22.1. The topological polar surface area (TPSA) is 55.8 Å². The molecule has 102 valence electrons. The first-order valence-electron chi connectivity index (χ1n) is 6.43. The quantitative estimate of drug-likeness (QED) is 0.769. The van der Waals surface area contributed by atoms with E-state index in [1.54, 1.807) is 0 Å². The van der Waals surface area contributed by atoms with Crippen molar-refractivity contribution in [3.8, 4) is 0 Å². The van der Waals surface area contributed by atoms with Crippen molar-refractivity contribution in [1.82, 2.24) is 4.90 Å². The van der Waals surface area contributed by atoms with Gasteiger partial charge in [0.25, 0.3) is 0 Å². The van der Waals surface area contributed by atoms with Crippen LogP contribution in [0.1, 0.15) is 6.42 Å². The van der Waals surface area contributed by atoms with E-state index in [0.29, 0.717) is 13.1 Å². The predicted octanol–water partition coefficient (Wildman–Crippen LogP) is 2.43. The van der Waals surface area contributed by atoms with Crippen molar-refractivity contribution >= 4 is 33.4 Å². The average molecular weight is 326 g/mol. The van der Waals surface area contributed by atoms with Crippen molar-refractivity contribution in [3.05, 3.63) is 22.7 Å². The summed E-state index contributed by atoms with van der Waals surface area (Å²) in [5, 5.41) is 12.5. The molecule has 3 rings (SSSR count). The number of nitrogens with one attached hydrogen (secondary N) is 1. The van der Waals surface area contributed by atoms with Crippen molar-refractivity contribution in [3.63, 3.8) is 0 Å². The molecule has 1 aromatic carbocycles. The molecule has 1 aromatic rings. The molecule has 2 N–H and O–H groups in total. The highest BCUT2D eigenvalue weighted by Crippen LogP contribution is 2.34. The van der Waals surface area contributed by atoms with Crippen LogP contribution >= 0.6 is 15.9 Å². The minimum absolute atomic E-state index is 0.264. The lowest BCUT2D eigenvalue weighted by atomic mass is 10.1. The van der Waals surface area contributed by atoms with Gasteiger partial charge in [0, 0.05) is 36.7 Å². The fraction of sp³-hybridized carbons (Fsp3) is 0.462. The van der Waals surface area contributed by atoms with E-state index in [1.807, 2.05) is 6.07 Å². The maximum absolute atomic E-state index is 11.1. The van der Waals surface area contributed by atoms with Crippen LogP contribution in [0, 0.1) is 0 Å². The summed E-state index contributed by atoms with van der Waals surface area (Å²) in [6.07, 6.45) is 0.142. The zero-order chi connectivity index (χ0) is 13.4. The van der Waals surface area contributed by atoms with E-state index in [2.05, 4.69) is 38.3 Å². The van der Waals surface area contributed by atoms with Gasteiger partial charge in [-0.1, -0.05) is 15.9 Å². The molecule has 0 bridgehead atoms. The molecule has 2 heterocycles. The smallest absolute Gasteiger partial charge is 0.407 e. The molecule has 0 aliphatic carbocycles. The van der Waals surface area contributed by atoms with Gasteiger partial charge in [-0.15, -0.1) is 0 Å². The molecule has 6 heteroatoms. The van der Waals surface area contributed by atoms with Gasteiger partial charge in [0.05, 0.1) is 11.4 Å². The Labute approximate surface area is 120 Å². The van der Waals surface area contributed by atoms with Crippen molar-refractivity contribution < 1.29 is 9.90 Å². The van der Waals surface area contributed by atoms with Crippen LogP contribution in [-0.4, -0.2) is 48.3 Å². The largest absolute Gasteiger partial charge is 0.465 e. The summed E-state index contributed by atoms with van der Waals surface area (Å²) in [7, 11) is 0. The van der Waals surface area contributed by atoms with Crippen LogP contribution < -0.4 is 10.2 Å². The number of benzene rings is 1. The summed E-state index contributed by atoms with van der Waals surface area (Å²) in [5.41, 5.74) is 2.30. The number of carbonyl (C=O) groups is 1. The number of carboxylic acid groups (broad SMARTS) is 1. The number of fused-ring (bicyclic) bond motifs is 3. The average Bonchev–Trinajstić information content (AvgIpc) is 2.56. The number of hydrogen-bond donors (Lipinski definition) is 2. The van der Waals surface area contributed by atoms with Gasteiger partial charge in [0.2, 0.25) is 0 Å². The Morgan fingerprint density at radius 2 is 2.26 bits per heavy atom. The van der Waals surface area contributed by atoms with Gasteiger partial charge in [-0.2, -0.15) is 0 Å². The number of amides is 1. The third-order valence-corrected chi connectivity index (χ3v) is 4.31. The molecule has 1 atom stereocenters. The highest BCUT2D eigenvalue weighted by molar-refractivity contribution is 9.10. The molecule has 0 saturated carbocycles. The van der Waals surface area contributed by atoms with E-state index >= 15 is 0 Å². The van der Waals surface area contributed by atoms with Crippen LogP contribution in [0.5, 0.6) is 0 Å². The first-order valence-corrected chi connectivity index (χ1v) is 7.22. The Morgan fingerprint density at radius 3 is 3.05 bits per heavy atom. The van der Waals surface area contributed by atoms with E-state index in [9.17, 15) is 4.79 Å². The summed E-state index contributed by atoms with van der Waals surface area (Å²) in [6, 6.07) is 6.48. The summed E-state index contributed by atoms with van der Waals surface area (Å²) < 4.78 is 1.06. The summed E-state index contributed by atoms with van der Waals surface area (Å²) in [4.78, 5) is 14.9. The number of anilines is 2. The van der Waals surface area contributed by atoms with Gasteiger partial charge in [0.1, 0.15) is 0 Å². The maximum atomic E-state index is 11.1. The second-order valence-electron chi connectivity index (χ2n) is 4.95. The summed E-state index contributed by atoms with van der Waals surface area (Å²) >= 11 is 3.49. The summed E-state index contributed by atoms with van der Waals surface area (Å²) in [6.45, 7) is 2.79. The van der Waals surface area contributed by atoms with E-state index in [4.69, 9.17) is 5.11 Å². The van der Waals surface area contributed by atoms with E-state index in [-0.39, 0.29) is 6.04 Å². The van der Waals surface area contributed by atoms with Crippen LogP contribution in [0.2, 0.25) is 0 Å². The standard InChI is InChI=1S/C13H16BrN3O2/c14-9-1-2-12-11(7-9)15-4-3-10-8-16(13(18)19)5-6-17(10)12/h1-2,7,10,15H,3-6,8H2,(H,18,19). The number of piperazine rings is 1. The predicted molar refractivity (Wildman–Crippen MR) is 78.0 cm³/mol. The molecule has 1 saturated heterocycles. The number of nitrogens with zero attached hydrogens (tertiary/aromatic N) is 2. The Kier molecular flexibility index (Phi) is 3.26. The van der Waals surface area contributed by atoms with Crippen LogP contribution in [0.25, 0.3) is 0 Å². The highest BCUT2D eigenvalue weighted by Gasteiger charge is 2.31. The van der Waals surface area contributed by atoms with Crippen molar-refractivity contribution in [1.29, 1.82) is 0 Å². The third-order valence-electron chi connectivity index (χ3n) is 3.81. The molecule has 2 aliphatic rings. The minimum Gasteiger partial charge on any atom is -0.465 e. The third kappa shape index (κ3) is 2.36. The Morgan fingerprint density at radius 1 is 1.42 bits per heavy atom. The van der Waals surface area contributed by atoms with Crippen molar-refractivity contribution in [2.45, 2.75) is 12.5 Å².